The Morgan fingerprint density at radius 2 is 1.67 bits per heavy atom. The number of ether oxygens (including phenoxy) is 2. The van der Waals surface area contributed by atoms with E-state index in [-0.39, 0.29) is 36.3 Å². The lowest BCUT2D eigenvalue weighted by atomic mass is 9.97. The summed E-state index contributed by atoms with van der Waals surface area (Å²) in [5.74, 6) is 0.261. The number of halogens is 2. The number of pyridine rings is 2. The number of hydrogen-bond acceptors (Lipinski definition) is 8. The van der Waals surface area contributed by atoms with Crippen LogP contribution in [0.4, 0.5) is 4.79 Å². The van der Waals surface area contributed by atoms with E-state index in [1.165, 1.54) is 17.6 Å². The lowest BCUT2D eigenvalue weighted by molar-refractivity contribution is -0.119. The van der Waals surface area contributed by atoms with Gasteiger partial charge in [0.25, 0.3) is 5.56 Å². The van der Waals surface area contributed by atoms with E-state index in [9.17, 15) is 19.2 Å². The summed E-state index contributed by atoms with van der Waals surface area (Å²) in [4.78, 5) is 59.5. The van der Waals surface area contributed by atoms with Crippen LogP contribution in [0, 0.1) is 0 Å². The largest absolute Gasteiger partial charge is 0.481 e. The van der Waals surface area contributed by atoms with E-state index in [4.69, 9.17) is 37.7 Å². The highest BCUT2D eigenvalue weighted by atomic mass is 35.5. The molecule has 1 aliphatic heterocycles. The highest BCUT2D eigenvalue weighted by Crippen LogP contribution is 2.42. The molecular formula is C38H35Cl2N5O6. The van der Waals surface area contributed by atoms with Crippen LogP contribution in [-0.4, -0.2) is 62.9 Å². The summed E-state index contributed by atoms with van der Waals surface area (Å²) in [5.41, 5.74) is 3.78. The van der Waals surface area contributed by atoms with Gasteiger partial charge in [-0.15, -0.1) is 0 Å². The van der Waals surface area contributed by atoms with Crippen molar-refractivity contribution < 1.29 is 23.9 Å². The number of hydrogen-bond donors (Lipinski definition) is 1. The van der Waals surface area contributed by atoms with Crippen LogP contribution in [0.5, 0.6) is 5.88 Å². The molecule has 1 N–H and O–H groups in total. The number of benzene rings is 2. The first kappa shape index (κ1) is 35.6. The van der Waals surface area contributed by atoms with Gasteiger partial charge in [0, 0.05) is 64.7 Å². The van der Waals surface area contributed by atoms with Gasteiger partial charge in [-0.05, 0) is 51.5 Å². The second-order valence-electron chi connectivity index (χ2n) is 13.1. The molecule has 2 aromatic carbocycles. The molecule has 1 saturated heterocycles. The molecule has 5 aromatic rings. The Morgan fingerprint density at radius 3 is 2.31 bits per heavy atom. The predicted octanol–water partition coefficient (Wildman–Crippen LogP) is 7.23. The molecule has 0 aliphatic carbocycles. The molecule has 1 aliphatic rings. The summed E-state index contributed by atoms with van der Waals surface area (Å²) >= 11 is 14.1. The standard InChI is InChI=1S/C38H35Cl2N5O6/c1-38(2,3)51-37(49)44(20-24-13-16-32(47)42-24)18-23-11-14-30(43-36(23)50-4)29-10-6-9-28(35(29)40)27-8-5-7-26(34(27)39)22-12-15-31-41-25(21-46)17-33(48)45(31)19-22/h5-12,14-15,17,19,21,24H,13,16,18,20H2,1-4H3,(H,42,47)/t24-/m0/s1. The van der Waals surface area contributed by atoms with E-state index < -0.39 is 11.7 Å². The molecule has 0 bridgehead atoms. The molecule has 1 fully saturated rings. The maximum atomic E-state index is 13.2. The average Bonchev–Trinajstić information content (AvgIpc) is 3.51. The molecule has 0 unspecified atom stereocenters. The minimum Gasteiger partial charge on any atom is -0.481 e. The first-order valence-electron chi connectivity index (χ1n) is 16.2. The fraction of sp³-hybridized carbons (Fsp3) is 0.263. The lowest BCUT2D eigenvalue weighted by Crippen LogP contribution is -2.43. The first-order chi connectivity index (χ1) is 24.3. The third kappa shape index (κ3) is 7.74. The molecule has 11 nitrogen and oxygen atoms in total. The Balaban J connectivity index is 1.32. The van der Waals surface area contributed by atoms with Gasteiger partial charge in [0.1, 0.15) is 16.9 Å². The van der Waals surface area contributed by atoms with Crippen molar-refractivity contribution in [2.75, 3.05) is 13.7 Å². The first-order valence-corrected chi connectivity index (χ1v) is 17.0. The van der Waals surface area contributed by atoms with Crippen molar-refractivity contribution in [2.24, 2.45) is 0 Å². The Bertz CT molecular complexity index is 2230. The van der Waals surface area contributed by atoms with Gasteiger partial charge in [-0.2, -0.15) is 0 Å². The summed E-state index contributed by atoms with van der Waals surface area (Å²) in [6, 6.07) is 19.2. The van der Waals surface area contributed by atoms with Crippen molar-refractivity contribution in [1.82, 2.24) is 24.6 Å². The third-order valence-electron chi connectivity index (χ3n) is 8.35. The van der Waals surface area contributed by atoms with Crippen LogP contribution in [0.2, 0.25) is 10.0 Å². The SMILES string of the molecule is COc1nc(-c2cccc(-c3cccc(-c4ccc5nc(C=O)cc(=O)n5c4)c3Cl)c2Cl)ccc1CN(C[C@@H]1CCC(=O)N1)C(=O)OC(C)(C)C. The number of rotatable bonds is 9. The topological polar surface area (TPSA) is 132 Å². The monoisotopic (exact) mass is 727 g/mol. The van der Waals surface area contributed by atoms with Gasteiger partial charge in [-0.1, -0.05) is 59.6 Å². The van der Waals surface area contributed by atoms with Crippen LogP contribution in [0.15, 0.2) is 77.7 Å². The zero-order valence-corrected chi connectivity index (χ0v) is 29.9. The molecule has 51 heavy (non-hydrogen) atoms. The van der Waals surface area contributed by atoms with E-state index in [2.05, 4.69) is 10.3 Å². The van der Waals surface area contributed by atoms with E-state index in [0.29, 0.717) is 79.8 Å². The van der Waals surface area contributed by atoms with Gasteiger partial charge in [0.15, 0.2) is 6.29 Å². The maximum absolute atomic E-state index is 13.2. The Hall–Kier alpha value is -5.26. The van der Waals surface area contributed by atoms with E-state index in [1.807, 2.05) is 48.5 Å². The zero-order chi connectivity index (χ0) is 36.4. The van der Waals surface area contributed by atoms with Gasteiger partial charge in [-0.25, -0.2) is 14.8 Å². The van der Waals surface area contributed by atoms with Gasteiger partial charge in [-0.3, -0.25) is 18.8 Å². The van der Waals surface area contributed by atoms with Gasteiger partial charge < -0.3 is 19.7 Å². The van der Waals surface area contributed by atoms with Crippen molar-refractivity contribution in [3.63, 3.8) is 0 Å². The summed E-state index contributed by atoms with van der Waals surface area (Å²) < 4.78 is 12.7. The normalized spacial score (nSPS) is 14.3. The summed E-state index contributed by atoms with van der Waals surface area (Å²) in [6.45, 7) is 5.81. The molecule has 2 amide bonds. The van der Waals surface area contributed by atoms with E-state index in [0.717, 1.165) is 0 Å². The number of carbonyl (C=O) groups is 3. The molecule has 6 rings (SSSR count). The minimum absolute atomic E-state index is 0.0435. The van der Waals surface area contributed by atoms with Gasteiger partial charge >= 0.3 is 6.09 Å². The maximum Gasteiger partial charge on any atom is 0.410 e. The van der Waals surface area contributed by atoms with Crippen molar-refractivity contribution >= 4 is 47.1 Å². The number of aromatic nitrogens is 3. The number of amides is 2. The molecule has 0 saturated carbocycles. The predicted molar refractivity (Wildman–Crippen MR) is 195 cm³/mol. The number of nitrogens with zero attached hydrogens (tertiary/aromatic N) is 4. The van der Waals surface area contributed by atoms with Gasteiger partial charge in [0.2, 0.25) is 11.8 Å². The van der Waals surface area contributed by atoms with Crippen molar-refractivity contribution in [2.45, 2.75) is 51.8 Å². The number of carbonyl (C=O) groups excluding carboxylic acids is 3. The second kappa shape index (κ2) is 14.5. The van der Waals surface area contributed by atoms with Crippen molar-refractivity contribution in [1.29, 1.82) is 0 Å². The molecule has 0 radical (unpaired) electrons. The highest BCUT2D eigenvalue weighted by molar-refractivity contribution is 6.39. The Labute approximate surface area is 304 Å². The molecule has 3 aromatic heterocycles. The number of methoxy groups -OCH3 is 1. The summed E-state index contributed by atoms with van der Waals surface area (Å²) in [5, 5.41) is 3.74. The molecule has 262 valence electrons. The minimum atomic E-state index is -0.709. The molecule has 13 heteroatoms. The third-order valence-corrected chi connectivity index (χ3v) is 9.16. The van der Waals surface area contributed by atoms with Crippen LogP contribution in [0.3, 0.4) is 0 Å². The van der Waals surface area contributed by atoms with Gasteiger partial charge in [0.05, 0.1) is 29.4 Å². The summed E-state index contributed by atoms with van der Waals surface area (Å²) in [7, 11) is 1.51. The molecule has 0 spiro atoms. The van der Waals surface area contributed by atoms with Crippen molar-refractivity contribution in [3.8, 4) is 39.4 Å². The number of fused-ring (bicyclic) bond motifs is 1. The second-order valence-corrected chi connectivity index (χ2v) is 13.9. The van der Waals surface area contributed by atoms with Crippen LogP contribution >= 0.6 is 23.2 Å². The Morgan fingerprint density at radius 1 is 0.980 bits per heavy atom. The number of aldehydes is 1. The zero-order valence-electron chi connectivity index (χ0n) is 28.4. The summed E-state index contributed by atoms with van der Waals surface area (Å²) in [6.07, 6.45) is 2.69. The van der Waals surface area contributed by atoms with Crippen molar-refractivity contribution in [3.05, 3.63) is 105 Å². The van der Waals surface area contributed by atoms with Crippen LogP contribution in [0.1, 0.15) is 49.7 Å². The quantitative estimate of drug-likeness (QED) is 0.157. The fourth-order valence-corrected chi connectivity index (χ4v) is 6.64. The molecule has 4 heterocycles. The lowest BCUT2D eigenvalue weighted by Gasteiger charge is -2.29. The fourth-order valence-electron chi connectivity index (χ4n) is 5.97. The Kier molecular flexibility index (Phi) is 10.1. The van der Waals surface area contributed by atoms with E-state index in [1.54, 1.807) is 44.0 Å². The van der Waals surface area contributed by atoms with E-state index >= 15 is 0 Å². The highest BCUT2D eigenvalue weighted by Gasteiger charge is 2.29. The molecule has 1 atom stereocenters. The average molecular weight is 729 g/mol. The van der Waals surface area contributed by atoms with Crippen LogP contribution in [0.25, 0.3) is 39.2 Å². The van der Waals surface area contributed by atoms with Crippen LogP contribution in [-0.2, 0) is 16.1 Å². The number of nitrogens with one attached hydrogen (secondary N) is 1. The smallest absolute Gasteiger partial charge is 0.410 e. The molecular weight excluding hydrogens is 693 g/mol. The van der Waals surface area contributed by atoms with Crippen LogP contribution < -0.4 is 15.6 Å².